The van der Waals surface area contributed by atoms with Crippen molar-refractivity contribution in [1.29, 1.82) is 0 Å². The zero-order chi connectivity index (χ0) is 15.7. The van der Waals surface area contributed by atoms with E-state index in [4.69, 9.17) is 9.47 Å². The monoisotopic (exact) mass is 299 g/mol. The highest BCUT2D eigenvalue weighted by Crippen LogP contribution is 2.41. The molecule has 1 fully saturated rings. The average molecular weight is 299 g/mol. The maximum Gasteiger partial charge on any atom is 0.269 e. The molecule has 0 aromatic heterocycles. The Kier molecular flexibility index (Phi) is 3.60. The predicted molar refractivity (Wildman–Crippen MR) is 78.0 cm³/mol. The van der Waals surface area contributed by atoms with Gasteiger partial charge >= 0.3 is 0 Å². The lowest BCUT2D eigenvalue weighted by atomic mass is 10.0. The molecule has 1 aliphatic rings. The molecular weight excluding hydrogens is 286 g/mol. The Labute approximate surface area is 126 Å². The van der Waals surface area contributed by atoms with E-state index in [2.05, 4.69) is 0 Å². The van der Waals surface area contributed by atoms with Crippen LogP contribution < -0.4 is 4.74 Å². The van der Waals surface area contributed by atoms with E-state index in [1.54, 1.807) is 43.5 Å². The lowest BCUT2D eigenvalue weighted by Crippen LogP contribution is -2.08. The first-order chi connectivity index (χ1) is 10.6. The lowest BCUT2D eigenvalue weighted by Gasteiger charge is -2.01. The van der Waals surface area contributed by atoms with Crippen LogP contribution in [0.5, 0.6) is 5.75 Å². The van der Waals surface area contributed by atoms with Crippen LogP contribution in [0.2, 0.25) is 0 Å². The number of carbonyl (C=O) groups is 1. The number of carbonyl (C=O) groups excluding carboxylic acids is 1. The number of nitrogens with zero attached hydrogens (tertiary/aromatic N) is 1. The molecule has 1 saturated heterocycles. The summed E-state index contributed by atoms with van der Waals surface area (Å²) in [5.41, 5.74) is 1.33. The van der Waals surface area contributed by atoms with E-state index in [9.17, 15) is 14.9 Å². The number of benzene rings is 2. The highest BCUT2D eigenvalue weighted by molar-refractivity contribution is 6.01. The second-order valence-corrected chi connectivity index (χ2v) is 4.92. The van der Waals surface area contributed by atoms with Crippen LogP contribution >= 0.6 is 0 Å². The summed E-state index contributed by atoms with van der Waals surface area (Å²) >= 11 is 0. The van der Waals surface area contributed by atoms with Crippen molar-refractivity contribution in [3.05, 3.63) is 69.8 Å². The number of methoxy groups -OCH3 is 1. The Morgan fingerprint density at radius 2 is 1.77 bits per heavy atom. The third-order valence-corrected chi connectivity index (χ3v) is 3.56. The van der Waals surface area contributed by atoms with Gasteiger partial charge in [-0.1, -0.05) is 0 Å². The van der Waals surface area contributed by atoms with Crippen LogP contribution in [0.1, 0.15) is 22.0 Å². The first-order valence-electron chi connectivity index (χ1n) is 6.68. The van der Waals surface area contributed by atoms with E-state index >= 15 is 0 Å². The SMILES string of the molecule is COc1ccc(C(=O)C2OC2c2ccc([N+](=O)[O-])cc2)cc1. The van der Waals surface area contributed by atoms with Gasteiger partial charge in [0.15, 0.2) is 11.9 Å². The van der Waals surface area contributed by atoms with E-state index < -0.39 is 11.0 Å². The highest BCUT2D eigenvalue weighted by Gasteiger charge is 2.46. The van der Waals surface area contributed by atoms with Crippen LogP contribution in [0.25, 0.3) is 0 Å². The minimum absolute atomic E-state index is 0.0161. The van der Waals surface area contributed by atoms with Gasteiger partial charge in [0.1, 0.15) is 11.9 Å². The highest BCUT2D eigenvalue weighted by atomic mass is 16.6. The first-order valence-corrected chi connectivity index (χ1v) is 6.68. The zero-order valence-electron chi connectivity index (χ0n) is 11.8. The number of rotatable bonds is 5. The molecule has 6 nitrogen and oxygen atoms in total. The van der Waals surface area contributed by atoms with Crippen LogP contribution in [0, 0.1) is 10.1 Å². The number of hydrogen-bond acceptors (Lipinski definition) is 5. The van der Waals surface area contributed by atoms with Gasteiger partial charge in [-0.3, -0.25) is 14.9 Å². The van der Waals surface area contributed by atoms with Crippen LogP contribution in [0.3, 0.4) is 0 Å². The van der Waals surface area contributed by atoms with E-state index in [1.807, 2.05) is 0 Å². The minimum Gasteiger partial charge on any atom is -0.497 e. The number of Topliss-reactive ketones (excluding diaryl/α,β-unsaturated/α-hetero) is 1. The largest absolute Gasteiger partial charge is 0.497 e. The number of ether oxygens (including phenoxy) is 2. The molecule has 2 atom stereocenters. The smallest absolute Gasteiger partial charge is 0.269 e. The van der Waals surface area contributed by atoms with Crippen molar-refractivity contribution in [2.24, 2.45) is 0 Å². The second kappa shape index (κ2) is 5.57. The molecule has 0 N–H and O–H groups in total. The van der Waals surface area contributed by atoms with Gasteiger partial charge in [0.2, 0.25) is 0 Å². The van der Waals surface area contributed by atoms with Crippen molar-refractivity contribution < 1.29 is 19.2 Å². The fourth-order valence-electron chi connectivity index (χ4n) is 2.27. The van der Waals surface area contributed by atoms with Gasteiger partial charge in [-0.2, -0.15) is 0 Å². The van der Waals surface area contributed by atoms with Crippen LogP contribution in [-0.2, 0) is 4.74 Å². The summed E-state index contributed by atoms with van der Waals surface area (Å²) in [5.74, 6) is 0.575. The standard InChI is InChI=1S/C16H13NO5/c1-21-13-8-4-10(5-9-13)14(18)16-15(22-16)11-2-6-12(7-3-11)17(19)20/h2-9,15-16H,1H3. The third kappa shape index (κ3) is 2.68. The van der Waals surface area contributed by atoms with Crippen LogP contribution in [0.15, 0.2) is 48.5 Å². The van der Waals surface area contributed by atoms with E-state index in [-0.39, 0.29) is 17.6 Å². The predicted octanol–water partition coefficient (Wildman–Crippen LogP) is 2.93. The number of ketones is 1. The summed E-state index contributed by atoms with van der Waals surface area (Å²) in [7, 11) is 1.56. The third-order valence-electron chi connectivity index (χ3n) is 3.56. The van der Waals surface area contributed by atoms with Crippen LogP contribution in [0.4, 0.5) is 5.69 Å². The molecule has 3 rings (SSSR count). The molecule has 6 heteroatoms. The van der Waals surface area contributed by atoms with Gasteiger partial charge in [0.25, 0.3) is 5.69 Å². The quantitative estimate of drug-likeness (QED) is 0.367. The molecule has 2 aromatic rings. The fraction of sp³-hybridized carbons (Fsp3) is 0.188. The number of nitro groups is 1. The first kappa shape index (κ1) is 14.2. The molecule has 0 amide bonds. The molecule has 2 aromatic carbocycles. The van der Waals surface area contributed by atoms with Crippen molar-refractivity contribution in [2.45, 2.75) is 12.2 Å². The molecule has 0 bridgehead atoms. The summed E-state index contributed by atoms with van der Waals surface area (Å²) < 4.78 is 10.5. The maximum atomic E-state index is 12.3. The summed E-state index contributed by atoms with van der Waals surface area (Å²) in [6.07, 6.45) is -0.870. The van der Waals surface area contributed by atoms with Gasteiger partial charge in [0.05, 0.1) is 12.0 Å². The Hall–Kier alpha value is -2.73. The maximum absolute atomic E-state index is 12.3. The minimum atomic E-state index is -0.533. The average Bonchev–Trinajstić information content (AvgIpc) is 3.35. The summed E-state index contributed by atoms with van der Waals surface area (Å²) in [4.78, 5) is 22.4. The number of nitro benzene ring substituents is 1. The Balaban J connectivity index is 1.70. The molecule has 0 spiro atoms. The molecule has 1 heterocycles. The van der Waals surface area contributed by atoms with Crippen molar-refractivity contribution in [3.8, 4) is 5.75 Å². The molecule has 22 heavy (non-hydrogen) atoms. The van der Waals surface area contributed by atoms with Gasteiger partial charge < -0.3 is 9.47 Å². The Morgan fingerprint density at radius 3 is 2.32 bits per heavy atom. The second-order valence-electron chi connectivity index (χ2n) is 4.92. The van der Waals surface area contributed by atoms with Crippen molar-refractivity contribution in [2.75, 3.05) is 7.11 Å². The van der Waals surface area contributed by atoms with Gasteiger partial charge in [-0.15, -0.1) is 0 Å². The molecule has 1 aliphatic heterocycles. The topological polar surface area (TPSA) is 82.0 Å². The number of hydrogen-bond donors (Lipinski definition) is 0. The van der Waals surface area contributed by atoms with E-state index in [1.165, 1.54) is 12.1 Å². The van der Waals surface area contributed by atoms with Crippen LogP contribution in [-0.4, -0.2) is 23.9 Å². The molecule has 0 radical (unpaired) electrons. The molecule has 0 saturated carbocycles. The number of non-ortho nitro benzene ring substituents is 1. The van der Waals surface area contributed by atoms with E-state index in [0.29, 0.717) is 11.3 Å². The Bertz CT molecular complexity index is 708. The fourth-order valence-corrected chi connectivity index (χ4v) is 2.27. The lowest BCUT2D eigenvalue weighted by molar-refractivity contribution is -0.384. The van der Waals surface area contributed by atoms with Gasteiger partial charge in [0, 0.05) is 17.7 Å². The zero-order valence-corrected chi connectivity index (χ0v) is 11.8. The van der Waals surface area contributed by atoms with E-state index in [0.717, 1.165) is 5.56 Å². The molecular formula is C16H13NO5. The van der Waals surface area contributed by atoms with Crippen molar-refractivity contribution in [1.82, 2.24) is 0 Å². The van der Waals surface area contributed by atoms with Gasteiger partial charge in [-0.25, -0.2) is 0 Å². The molecule has 0 aliphatic carbocycles. The molecule has 112 valence electrons. The van der Waals surface area contributed by atoms with Gasteiger partial charge in [-0.05, 0) is 42.0 Å². The summed E-state index contributed by atoms with van der Waals surface area (Å²) in [5, 5.41) is 10.6. The van der Waals surface area contributed by atoms with Crippen molar-refractivity contribution >= 4 is 11.5 Å². The summed E-state index contributed by atoms with van der Waals surface area (Å²) in [6, 6.07) is 12.9. The normalized spacial score (nSPS) is 19.5. The Morgan fingerprint density at radius 1 is 1.14 bits per heavy atom. The molecule has 2 unspecified atom stereocenters. The number of epoxide rings is 1. The van der Waals surface area contributed by atoms with Crippen molar-refractivity contribution in [3.63, 3.8) is 0 Å². The summed E-state index contributed by atoms with van der Waals surface area (Å²) in [6.45, 7) is 0.